The monoisotopic (exact) mass is 309 g/mol. The summed E-state index contributed by atoms with van der Waals surface area (Å²) in [5, 5.41) is 8.56. The molecule has 7 nitrogen and oxygen atoms in total. The molecule has 108 valence electrons. The smallest absolute Gasteiger partial charge is 0.246 e. The van der Waals surface area contributed by atoms with Crippen LogP contribution in [0.25, 0.3) is 0 Å². The summed E-state index contributed by atoms with van der Waals surface area (Å²) in [7, 11) is -3.65. The molecule has 0 saturated heterocycles. The van der Waals surface area contributed by atoms with Gasteiger partial charge in [0.1, 0.15) is 4.90 Å². The van der Waals surface area contributed by atoms with Gasteiger partial charge in [-0.2, -0.15) is 4.31 Å². The van der Waals surface area contributed by atoms with Gasteiger partial charge in [-0.3, -0.25) is 0 Å². The fourth-order valence-corrected chi connectivity index (χ4v) is 2.79. The molecule has 0 aliphatic rings. The second-order valence-corrected chi connectivity index (χ2v) is 5.80. The number of rotatable bonds is 8. The van der Waals surface area contributed by atoms with Gasteiger partial charge in [-0.15, -0.1) is 0 Å². The lowest BCUT2D eigenvalue weighted by molar-refractivity contribution is 0.0860. The number of halogens is 1. The van der Waals surface area contributed by atoms with Crippen LogP contribution in [0.5, 0.6) is 0 Å². The van der Waals surface area contributed by atoms with Crippen molar-refractivity contribution in [2.45, 2.75) is 11.8 Å². The molecule has 19 heavy (non-hydrogen) atoms. The lowest BCUT2D eigenvalue weighted by Gasteiger charge is -2.19. The molecule has 0 atom stereocenters. The Balaban J connectivity index is 2.75. The van der Waals surface area contributed by atoms with E-state index in [9.17, 15) is 8.42 Å². The molecule has 0 radical (unpaired) electrons. The standard InChI is InChI=1S/C10H16ClN3O4S/c1-2-14(3-5-18-6-4-15)19(16,17)9-7-12-10(11)13-8-9/h7-8,15H,2-6H2,1H3. The summed E-state index contributed by atoms with van der Waals surface area (Å²) < 4.78 is 30.8. The Morgan fingerprint density at radius 3 is 2.53 bits per heavy atom. The minimum Gasteiger partial charge on any atom is -0.394 e. The van der Waals surface area contributed by atoms with E-state index in [1.807, 2.05) is 0 Å². The Kier molecular flexibility index (Phi) is 6.59. The molecular weight excluding hydrogens is 294 g/mol. The average molecular weight is 310 g/mol. The van der Waals surface area contributed by atoms with Crippen LogP contribution in [0.4, 0.5) is 0 Å². The van der Waals surface area contributed by atoms with Gasteiger partial charge >= 0.3 is 0 Å². The molecular formula is C10H16ClN3O4S. The van der Waals surface area contributed by atoms with Crippen LogP contribution in [-0.2, 0) is 14.8 Å². The summed E-state index contributed by atoms with van der Waals surface area (Å²) in [6.45, 7) is 2.52. The van der Waals surface area contributed by atoms with E-state index in [0.717, 1.165) is 0 Å². The quantitative estimate of drug-likeness (QED) is 0.543. The van der Waals surface area contributed by atoms with Crippen molar-refractivity contribution in [1.82, 2.24) is 14.3 Å². The number of aliphatic hydroxyl groups is 1. The number of hydrogen-bond donors (Lipinski definition) is 1. The highest BCUT2D eigenvalue weighted by Crippen LogP contribution is 2.14. The predicted octanol–water partition coefficient (Wildman–Crippen LogP) is 0.150. The summed E-state index contributed by atoms with van der Waals surface area (Å²) in [5.74, 6) is 0. The maximum atomic E-state index is 12.2. The number of likely N-dealkylation sites (N-methyl/N-ethyl adjacent to an activating group) is 1. The minimum absolute atomic E-state index is 0.00622. The maximum absolute atomic E-state index is 12.2. The summed E-state index contributed by atoms with van der Waals surface area (Å²) in [6, 6.07) is 0. The topological polar surface area (TPSA) is 92.6 Å². The van der Waals surface area contributed by atoms with Gasteiger partial charge < -0.3 is 9.84 Å². The third kappa shape index (κ3) is 4.66. The van der Waals surface area contributed by atoms with Crippen molar-refractivity contribution in [3.63, 3.8) is 0 Å². The van der Waals surface area contributed by atoms with Gasteiger partial charge in [0.25, 0.3) is 0 Å². The highest BCUT2D eigenvalue weighted by Gasteiger charge is 2.23. The molecule has 0 aliphatic carbocycles. The average Bonchev–Trinajstić information content (AvgIpc) is 2.39. The van der Waals surface area contributed by atoms with Crippen LogP contribution >= 0.6 is 11.6 Å². The SMILES string of the molecule is CCN(CCOCCO)S(=O)(=O)c1cnc(Cl)nc1. The molecule has 1 N–H and O–H groups in total. The summed E-state index contributed by atoms with van der Waals surface area (Å²) in [5.41, 5.74) is 0. The second kappa shape index (κ2) is 7.71. The van der Waals surface area contributed by atoms with Gasteiger partial charge in [0.2, 0.25) is 15.3 Å². The molecule has 0 saturated carbocycles. The molecule has 0 aromatic carbocycles. The van der Waals surface area contributed by atoms with E-state index < -0.39 is 10.0 Å². The molecule has 0 bridgehead atoms. The van der Waals surface area contributed by atoms with Gasteiger partial charge in [-0.1, -0.05) is 6.92 Å². The first-order valence-corrected chi connectivity index (χ1v) is 7.50. The number of ether oxygens (including phenoxy) is 1. The molecule has 1 aromatic rings. The van der Waals surface area contributed by atoms with Crippen molar-refractivity contribution in [2.24, 2.45) is 0 Å². The molecule has 1 rings (SSSR count). The molecule has 0 unspecified atom stereocenters. The van der Waals surface area contributed by atoms with Gasteiger partial charge in [0.05, 0.1) is 32.2 Å². The van der Waals surface area contributed by atoms with Crippen LogP contribution in [-0.4, -0.2) is 60.7 Å². The van der Waals surface area contributed by atoms with E-state index in [1.54, 1.807) is 6.92 Å². The van der Waals surface area contributed by atoms with Gasteiger partial charge in [0, 0.05) is 13.1 Å². The van der Waals surface area contributed by atoms with Crippen molar-refractivity contribution >= 4 is 21.6 Å². The van der Waals surface area contributed by atoms with Gasteiger partial charge in [-0.25, -0.2) is 18.4 Å². The fourth-order valence-electron chi connectivity index (χ4n) is 1.36. The zero-order valence-electron chi connectivity index (χ0n) is 10.5. The molecule has 1 heterocycles. The van der Waals surface area contributed by atoms with Crippen molar-refractivity contribution in [1.29, 1.82) is 0 Å². The highest BCUT2D eigenvalue weighted by atomic mass is 35.5. The van der Waals surface area contributed by atoms with E-state index in [4.69, 9.17) is 21.4 Å². The van der Waals surface area contributed by atoms with Crippen LogP contribution in [0.15, 0.2) is 17.3 Å². The Bertz CT molecular complexity index is 480. The molecule has 1 aromatic heterocycles. The van der Waals surface area contributed by atoms with Gasteiger partial charge in [0.15, 0.2) is 0 Å². The van der Waals surface area contributed by atoms with E-state index in [2.05, 4.69) is 9.97 Å². The number of sulfonamides is 1. The number of aliphatic hydroxyl groups excluding tert-OH is 1. The lowest BCUT2D eigenvalue weighted by atomic mass is 10.6. The Labute approximate surface area is 117 Å². The number of nitrogens with zero attached hydrogens (tertiary/aromatic N) is 3. The zero-order valence-corrected chi connectivity index (χ0v) is 12.1. The first-order valence-electron chi connectivity index (χ1n) is 5.68. The number of hydrogen-bond acceptors (Lipinski definition) is 6. The molecule has 0 fully saturated rings. The second-order valence-electron chi connectivity index (χ2n) is 3.52. The normalized spacial score (nSPS) is 12.0. The Hall–Kier alpha value is -0.800. The lowest BCUT2D eigenvalue weighted by Crippen LogP contribution is -2.34. The Morgan fingerprint density at radius 2 is 2.00 bits per heavy atom. The largest absolute Gasteiger partial charge is 0.394 e. The molecule has 0 aliphatic heterocycles. The van der Waals surface area contributed by atoms with Crippen LogP contribution in [0.2, 0.25) is 5.28 Å². The van der Waals surface area contributed by atoms with E-state index >= 15 is 0 Å². The van der Waals surface area contributed by atoms with Crippen LogP contribution in [0.3, 0.4) is 0 Å². The van der Waals surface area contributed by atoms with Gasteiger partial charge in [-0.05, 0) is 11.6 Å². The summed E-state index contributed by atoms with van der Waals surface area (Å²) in [6.07, 6.45) is 2.34. The van der Waals surface area contributed by atoms with Crippen LogP contribution in [0.1, 0.15) is 6.92 Å². The third-order valence-corrected chi connectivity index (χ3v) is 4.43. The fraction of sp³-hybridized carbons (Fsp3) is 0.600. The highest BCUT2D eigenvalue weighted by molar-refractivity contribution is 7.89. The summed E-state index contributed by atoms with van der Waals surface area (Å²) >= 11 is 5.52. The molecule has 9 heteroatoms. The van der Waals surface area contributed by atoms with E-state index in [0.29, 0.717) is 6.54 Å². The van der Waals surface area contributed by atoms with E-state index in [1.165, 1.54) is 16.7 Å². The molecule has 0 amide bonds. The van der Waals surface area contributed by atoms with Crippen molar-refractivity contribution in [2.75, 3.05) is 32.9 Å². The van der Waals surface area contributed by atoms with Crippen molar-refractivity contribution in [3.8, 4) is 0 Å². The minimum atomic E-state index is -3.65. The van der Waals surface area contributed by atoms with Crippen LogP contribution in [0, 0.1) is 0 Å². The summed E-state index contributed by atoms with van der Waals surface area (Å²) in [4.78, 5) is 7.30. The van der Waals surface area contributed by atoms with E-state index in [-0.39, 0.29) is 36.5 Å². The Morgan fingerprint density at radius 1 is 1.37 bits per heavy atom. The zero-order chi connectivity index (χ0) is 14.3. The third-order valence-electron chi connectivity index (χ3n) is 2.31. The van der Waals surface area contributed by atoms with Crippen molar-refractivity contribution < 1.29 is 18.3 Å². The number of aromatic nitrogens is 2. The molecule has 0 spiro atoms. The van der Waals surface area contributed by atoms with Crippen molar-refractivity contribution in [3.05, 3.63) is 17.7 Å². The first-order chi connectivity index (χ1) is 9.02. The predicted molar refractivity (Wildman–Crippen MR) is 69.4 cm³/mol. The first kappa shape index (κ1) is 16.3. The van der Waals surface area contributed by atoms with Crippen LogP contribution < -0.4 is 0 Å². The maximum Gasteiger partial charge on any atom is 0.246 e.